The fourth-order valence-electron chi connectivity index (χ4n) is 3.24. The molecule has 0 saturated carbocycles. The highest BCUT2D eigenvalue weighted by Crippen LogP contribution is 2.31. The Labute approximate surface area is 162 Å². The van der Waals surface area contributed by atoms with Crippen LogP contribution in [-0.4, -0.2) is 49.3 Å². The van der Waals surface area contributed by atoms with Gasteiger partial charge in [0.2, 0.25) is 5.13 Å². The SMILES string of the molecule is COC(C)c1nsc(N2CCC(c3nccc(-c4cnn(C)c4)n3)CC2)n1. The van der Waals surface area contributed by atoms with Crippen molar-refractivity contribution in [2.45, 2.75) is 31.8 Å². The van der Waals surface area contributed by atoms with Crippen LogP contribution in [0.2, 0.25) is 0 Å². The number of nitrogens with zero attached hydrogens (tertiary/aromatic N) is 7. The lowest BCUT2D eigenvalue weighted by Crippen LogP contribution is -2.33. The van der Waals surface area contributed by atoms with E-state index in [1.165, 1.54) is 11.5 Å². The van der Waals surface area contributed by atoms with Crippen LogP contribution in [0.5, 0.6) is 0 Å². The maximum atomic E-state index is 5.30. The smallest absolute Gasteiger partial charge is 0.205 e. The lowest BCUT2D eigenvalue weighted by molar-refractivity contribution is 0.113. The molecule has 0 N–H and O–H groups in total. The van der Waals surface area contributed by atoms with E-state index in [1.807, 2.05) is 38.6 Å². The maximum absolute atomic E-state index is 5.30. The van der Waals surface area contributed by atoms with Gasteiger partial charge in [-0.05, 0) is 25.8 Å². The second kappa shape index (κ2) is 7.69. The molecule has 27 heavy (non-hydrogen) atoms. The third kappa shape index (κ3) is 3.84. The number of hydrogen-bond acceptors (Lipinski definition) is 8. The number of hydrogen-bond donors (Lipinski definition) is 0. The molecule has 8 nitrogen and oxygen atoms in total. The molecule has 0 aliphatic carbocycles. The molecular formula is C18H23N7OS. The van der Waals surface area contributed by atoms with E-state index < -0.39 is 0 Å². The van der Waals surface area contributed by atoms with Crippen molar-refractivity contribution in [3.8, 4) is 11.3 Å². The van der Waals surface area contributed by atoms with Gasteiger partial charge >= 0.3 is 0 Å². The predicted molar refractivity (Wildman–Crippen MR) is 104 cm³/mol. The Kier molecular flexibility index (Phi) is 5.13. The Bertz CT molecular complexity index is 901. The maximum Gasteiger partial charge on any atom is 0.205 e. The first kappa shape index (κ1) is 18.0. The van der Waals surface area contributed by atoms with E-state index in [1.54, 1.807) is 11.8 Å². The minimum atomic E-state index is -0.0730. The largest absolute Gasteiger partial charge is 0.374 e. The van der Waals surface area contributed by atoms with Crippen molar-refractivity contribution in [2.75, 3.05) is 25.1 Å². The molecule has 0 spiro atoms. The second-order valence-corrected chi connectivity index (χ2v) is 7.51. The Morgan fingerprint density at radius 1 is 1.26 bits per heavy atom. The summed E-state index contributed by atoms with van der Waals surface area (Å²) in [4.78, 5) is 16.2. The first-order valence-corrected chi connectivity index (χ1v) is 9.84. The summed E-state index contributed by atoms with van der Waals surface area (Å²) in [7, 11) is 3.59. The van der Waals surface area contributed by atoms with Gasteiger partial charge in [0.15, 0.2) is 5.82 Å². The van der Waals surface area contributed by atoms with E-state index in [0.29, 0.717) is 5.92 Å². The second-order valence-electron chi connectivity index (χ2n) is 6.78. The van der Waals surface area contributed by atoms with E-state index in [0.717, 1.165) is 54.0 Å². The number of rotatable bonds is 5. The van der Waals surface area contributed by atoms with Crippen molar-refractivity contribution in [2.24, 2.45) is 7.05 Å². The summed E-state index contributed by atoms with van der Waals surface area (Å²) in [6.45, 7) is 3.83. The standard InChI is InChI=1S/C18H23N7OS/c1-12(26-3)16-22-18(27-23-16)25-8-5-13(6-9-25)17-19-7-4-15(21-17)14-10-20-24(2)11-14/h4,7,10-13H,5-6,8-9H2,1-3H3. The fraction of sp³-hybridized carbons (Fsp3) is 0.500. The highest BCUT2D eigenvalue weighted by molar-refractivity contribution is 7.09. The van der Waals surface area contributed by atoms with E-state index >= 15 is 0 Å². The molecule has 0 radical (unpaired) electrons. The highest BCUT2D eigenvalue weighted by atomic mass is 32.1. The van der Waals surface area contributed by atoms with Gasteiger partial charge in [-0.25, -0.2) is 15.0 Å². The zero-order valence-electron chi connectivity index (χ0n) is 15.7. The summed E-state index contributed by atoms with van der Waals surface area (Å²) in [6, 6.07) is 1.94. The molecule has 3 aromatic rings. The molecule has 4 rings (SSSR count). The van der Waals surface area contributed by atoms with Gasteiger partial charge in [0.05, 0.1) is 11.9 Å². The number of ether oxygens (including phenoxy) is 1. The normalized spacial score (nSPS) is 16.6. The lowest BCUT2D eigenvalue weighted by atomic mass is 9.96. The Morgan fingerprint density at radius 2 is 2.07 bits per heavy atom. The molecule has 1 unspecified atom stereocenters. The zero-order valence-corrected chi connectivity index (χ0v) is 16.6. The molecular weight excluding hydrogens is 362 g/mol. The summed E-state index contributed by atoms with van der Waals surface area (Å²) >= 11 is 1.44. The van der Waals surface area contributed by atoms with E-state index in [9.17, 15) is 0 Å². The van der Waals surface area contributed by atoms with Crippen LogP contribution < -0.4 is 4.90 Å². The molecule has 1 atom stereocenters. The van der Waals surface area contributed by atoms with Gasteiger partial charge in [-0.2, -0.15) is 9.47 Å². The first-order valence-electron chi connectivity index (χ1n) is 9.07. The van der Waals surface area contributed by atoms with Crippen molar-refractivity contribution < 1.29 is 4.74 Å². The molecule has 3 aromatic heterocycles. The summed E-state index contributed by atoms with van der Waals surface area (Å²) in [5.41, 5.74) is 1.95. The van der Waals surface area contributed by atoms with Gasteiger partial charge < -0.3 is 9.64 Å². The van der Waals surface area contributed by atoms with Gasteiger partial charge in [-0.1, -0.05) is 0 Å². The highest BCUT2D eigenvalue weighted by Gasteiger charge is 2.25. The molecule has 4 heterocycles. The van der Waals surface area contributed by atoms with Crippen LogP contribution in [0.1, 0.15) is 43.4 Å². The van der Waals surface area contributed by atoms with Crippen molar-refractivity contribution in [3.05, 3.63) is 36.3 Å². The molecule has 0 bridgehead atoms. The van der Waals surface area contributed by atoms with Gasteiger partial charge in [0, 0.05) is 62.7 Å². The number of piperidine rings is 1. The quantitative estimate of drug-likeness (QED) is 0.668. The molecule has 1 saturated heterocycles. The Hall–Kier alpha value is -2.39. The summed E-state index contributed by atoms with van der Waals surface area (Å²) in [5, 5.41) is 5.20. The van der Waals surface area contributed by atoms with E-state index in [-0.39, 0.29) is 6.10 Å². The molecule has 142 valence electrons. The van der Waals surface area contributed by atoms with Crippen LogP contribution in [0.3, 0.4) is 0 Å². The molecule has 0 aromatic carbocycles. The first-order chi connectivity index (χ1) is 13.1. The minimum Gasteiger partial charge on any atom is -0.374 e. The number of aromatic nitrogens is 6. The molecule has 1 aliphatic heterocycles. The predicted octanol–water partition coefficient (Wildman–Crippen LogP) is 2.82. The van der Waals surface area contributed by atoms with Gasteiger partial charge in [-0.15, -0.1) is 0 Å². The number of aryl methyl sites for hydroxylation is 1. The third-order valence-corrected chi connectivity index (χ3v) is 5.74. The average molecular weight is 385 g/mol. The molecule has 1 fully saturated rings. The Balaban J connectivity index is 1.43. The van der Waals surface area contributed by atoms with Crippen LogP contribution >= 0.6 is 11.5 Å². The molecule has 0 amide bonds. The monoisotopic (exact) mass is 385 g/mol. The van der Waals surface area contributed by atoms with Crippen LogP contribution in [0.25, 0.3) is 11.3 Å². The topological polar surface area (TPSA) is 81.9 Å². The fourth-order valence-corrected chi connectivity index (χ4v) is 4.04. The van der Waals surface area contributed by atoms with Crippen LogP contribution in [0, 0.1) is 0 Å². The summed E-state index contributed by atoms with van der Waals surface area (Å²) in [5.74, 6) is 2.04. The van der Waals surface area contributed by atoms with Crippen LogP contribution in [0.4, 0.5) is 5.13 Å². The summed E-state index contributed by atoms with van der Waals surface area (Å²) in [6.07, 6.45) is 7.60. The van der Waals surface area contributed by atoms with Crippen molar-refractivity contribution in [1.29, 1.82) is 0 Å². The zero-order chi connectivity index (χ0) is 18.8. The average Bonchev–Trinajstić information content (AvgIpc) is 3.37. The van der Waals surface area contributed by atoms with Crippen molar-refractivity contribution in [1.82, 2.24) is 29.1 Å². The third-order valence-electron chi connectivity index (χ3n) is 4.95. The van der Waals surface area contributed by atoms with Crippen molar-refractivity contribution >= 4 is 16.7 Å². The number of anilines is 1. The minimum absolute atomic E-state index is 0.0730. The van der Waals surface area contributed by atoms with E-state index in [2.05, 4.69) is 24.3 Å². The van der Waals surface area contributed by atoms with Crippen LogP contribution in [-0.2, 0) is 11.8 Å². The van der Waals surface area contributed by atoms with Crippen molar-refractivity contribution in [3.63, 3.8) is 0 Å². The van der Waals surface area contributed by atoms with Gasteiger partial charge in [0.1, 0.15) is 11.9 Å². The Morgan fingerprint density at radius 3 is 2.78 bits per heavy atom. The molecule has 9 heteroatoms. The van der Waals surface area contributed by atoms with Gasteiger partial charge in [0.25, 0.3) is 0 Å². The van der Waals surface area contributed by atoms with Crippen LogP contribution in [0.15, 0.2) is 24.7 Å². The van der Waals surface area contributed by atoms with Gasteiger partial charge in [-0.3, -0.25) is 4.68 Å². The lowest BCUT2D eigenvalue weighted by Gasteiger charge is -2.30. The molecule has 1 aliphatic rings. The number of methoxy groups -OCH3 is 1. The van der Waals surface area contributed by atoms with E-state index in [4.69, 9.17) is 9.72 Å². The summed E-state index contributed by atoms with van der Waals surface area (Å²) < 4.78 is 11.5.